The van der Waals surface area contributed by atoms with Crippen LogP contribution >= 0.6 is 0 Å². The fraction of sp³-hybridized carbons (Fsp3) is 0.389. The van der Waals surface area contributed by atoms with Crippen molar-refractivity contribution in [3.05, 3.63) is 47.5 Å². The zero-order chi connectivity index (χ0) is 20.7. The molecular formula is C18H19F4N5O. The van der Waals surface area contributed by atoms with Crippen molar-refractivity contribution in [3.8, 4) is 5.88 Å². The minimum Gasteiger partial charge on any atom is -0.481 e. The van der Waals surface area contributed by atoms with E-state index in [1.807, 2.05) is 20.8 Å². The molecule has 3 aromatic rings. The van der Waals surface area contributed by atoms with Gasteiger partial charge in [-0.05, 0) is 23.1 Å². The summed E-state index contributed by atoms with van der Waals surface area (Å²) in [6, 6.07) is 3.97. The maximum absolute atomic E-state index is 14.2. The first-order valence-electron chi connectivity index (χ1n) is 8.38. The van der Waals surface area contributed by atoms with Crippen LogP contribution in [-0.2, 0) is 6.18 Å². The summed E-state index contributed by atoms with van der Waals surface area (Å²) in [6.45, 7) is 5.66. The van der Waals surface area contributed by atoms with Gasteiger partial charge in [0.15, 0.2) is 0 Å². The first-order valence-corrected chi connectivity index (χ1v) is 8.38. The van der Waals surface area contributed by atoms with Gasteiger partial charge in [0.2, 0.25) is 5.88 Å². The molecule has 10 heteroatoms. The van der Waals surface area contributed by atoms with Crippen LogP contribution in [0.2, 0.25) is 0 Å². The van der Waals surface area contributed by atoms with Crippen molar-refractivity contribution in [1.29, 1.82) is 0 Å². The monoisotopic (exact) mass is 397 g/mol. The molecule has 6 nitrogen and oxygen atoms in total. The number of halogens is 4. The Kier molecular flexibility index (Phi) is 4.90. The first-order chi connectivity index (χ1) is 13.0. The van der Waals surface area contributed by atoms with E-state index in [1.54, 1.807) is 6.07 Å². The van der Waals surface area contributed by atoms with Gasteiger partial charge in [0.1, 0.15) is 18.0 Å². The quantitative estimate of drug-likeness (QED) is 0.657. The average molecular weight is 397 g/mol. The van der Waals surface area contributed by atoms with Gasteiger partial charge in [-0.3, -0.25) is 0 Å². The number of rotatable bonds is 4. The summed E-state index contributed by atoms with van der Waals surface area (Å²) >= 11 is 0. The molecule has 3 rings (SSSR count). The van der Waals surface area contributed by atoms with Crippen LogP contribution in [0.5, 0.6) is 5.88 Å². The molecule has 2 aromatic heterocycles. The molecular weight excluding hydrogens is 378 g/mol. The average Bonchev–Trinajstić information content (AvgIpc) is 3.05. The smallest absolute Gasteiger partial charge is 0.419 e. The number of hydrogen-bond donors (Lipinski definition) is 1. The molecule has 1 aromatic carbocycles. The number of ether oxygens (including phenoxy) is 1. The molecule has 28 heavy (non-hydrogen) atoms. The van der Waals surface area contributed by atoms with Gasteiger partial charge >= 0.3 is 6.18 Å². The molecule has 0 fully saturated rings. The largest absolute Gasteiger partial charge is 0.481 e. The minimum absolute atomic E-state index is 0.285. The maximum atomic E-state index is 14.2. The molecule has 0 saturated carbocycles. The molecule has 0 aliphatic carbocycles. The molecule has 0 aliphatic rings. The number of alkyl halides is 3. The zero-order valence-electron chi connectivity index (χ0n) is 15.7. The van der Waals surface area contributed by atoms with E-state index in [2.05, 4.69) is 20.4 Å². The lowest BCUT2D eigenvalue weighted by molar-refractivity contribution is -0.140. The van der Waals surface area contributed by atoms with E-state index in [0.717, 1.165) is 12.1 Å². The van der Waals surface area contributed by atoms with Gasteiger partial charge in [-0.1, -0.05) is 26.8 Å². The molecule has 1 unspecified atom stereocenters. The maximum Gasteiger partial charge on any atom is 0.419 e. The van der Waals surface area contributed by atoms with Gasteiger partial charge in [-0.15, -0.1) is 0 Å². The number of nitrogens with zero attached hydrogens (tertiary/aromatic N) is 4. The molecule has 0 bridgehead atoms. The van der Waals surface area contributed by atoms with E-state index in [9.17, 15) is 17.6 Å². The summed E-state index contributed by atoms with van der Waals surface area (Å²) in [4.78, 5) is 8.17. The normalized spacial score (nSPS) is 13.6. The Labute approximate surface area is 158 Å². The van der Waals surface area contributed by atoms with Crippen molar-refractivity contribution in [2.45, 2.75) is 33.0 Å². The number of aromatic nitrogens is 4. The van der Waals surface area contributed by atoms with E-state index >= 15 is 0 Å². The molecule has 0 saturated heterocycles. The predicted molar refractivity (Wildman–Crippen MR) is 94.6 cm³/mol. The van der Waals surface area contributed by atoms with Crippen LogP contribution < -0.4 is 10.1 Å². The third-order valence-corrected chi connectivity index (χ3v) is 4.23. The molecule has 0 amide bonds. The Morgan fingerprint density at radius 1 is 1.14 bits per heavy atom. The fourth-order valence-electron chi connectivity index (χ4n) is 2.89. The van der Waals surface area contributed by atoms with E-state index in [0.29, 0.717) is 11.4 Å². The van der Waals surface area contributed by atoms with Gasteiger partial charge in [-0.25, -0.2) is 4.39 Å². The minimum atomic E-state index is -4.75. The number of benzene rings is 1. The van der Waals surface area contributed by atoms with E-state index in [1.165, 1.54) is 24.0 Å². The Bertz CT molecular complexity index is 994. The fourth-order valence-corrected chi connectivity index (χ4v) is 2.89. The van der Waals surface area contributed by atoms with Gasteiger partial charge in [-0.2, -0.15) is 32.8 Å². The van der Waals surface area contributed by atoms with E-state index in [4.69, 9.17) is 4.74 Å². The zero-order valence-corrected chi connectivity index (χ0v) is 15.7. The number of methoxy groups -OCH3 is 1. The second kappa shape index (κ2) is 6.92. The Balaban J connectivity index is 2.06. The highest BCUT2D eigenvalue weighted by Gasteiger charge is 2.35. The van der Waals surface area contributed by atoms with Gasteiger partial charge < -0.3 is 10.1 Å². The molecule has 0 spiro atoms. The van der Waals surface area contributed by atoms with Crippen LogP contribution in [0.3, 0.4) is 0 Å². The summed E-state index contributed by atoms with van der Waals surface area (Å²) in [5.41, 5.74) is -1.41. The van der Waals surface area contributed by atoms with E-state index < -0.39 is 29.0 Å². The number of nitrogens with one attached hydrogen (secondary N) is 1. The van der Waals surface area contributed by atoms with Crippen LogP contribution in [0.25, 0.3) is 5.78 Å². The van der Waals surface area contributed by atoms with Crippen molar-refractivity contribution >= 4 is 11.6 Å². The lowest BCUT2D eigenvalue weighted by atomic mass is 9.82. The second-order valence-corrected chi connectivity index (χ2v) is 7.34. The third-order valence-electron chi connectivity index (χ3n) is 4.23. The highest BCUT2D eigenvalue weighted by Crippen LogP contribution is 2.39. The lowest BCUT2D eigenvalue weighted by Gasteiger charge is -2.33. The highest BCUT2D eigenvalue weighted by atomic mass is 19.4. The number of hydrogen-bond acceptors (Lipinski definition) is 5. The standard InChI is InChI=1S/C18H19F4N5O/c1-17(2,3)15(10-5-6-11(12(19)7-10)18(20,21)22)25-13-8-14(28-4)26-16-23-9-24-27(13)16/h5-9,15,25H,1-4H3. The molecule has 1 atom stereocenters. The van der Waals surface area contributed by atoms with Crippen LogP contribution in [0, 0.1) is 11.2 Å². The van der Waals surface area contributed by atoms with Gasteiger partial charge in [0, 0.05) is 6.07 Å². The van der Waals surface area contributed by atoms with Gasteiger partial charge in [0.25, 0.3) is 5.78 Å². The summed E-state index contributed by atoms with van der Waals surface area (Å²) in [5.74, 6) is -0.291. The topological polar surface area (TPSA) is 64.3 Å². The van der Waals surface area contributed by atoms with Gasteiger partial charge in [0.05, 0.1) is 18.7 Å². The summed E-state index contributed by atoms with van der Waals surface area (Å²) in [6.07, 6.45) is -3.44. The van der Waals surface area contributed by atoms with Crippen molar-refractivity contribution in [3.63, 3.8) is 0 Å². The molecule has 2 heterocycles. The Morgan fingerprint density at radius 2 is 1.86 bits per heavy atom. The predicted octanol–water partition coefficient (Wildman–Crippen LogP) is 4.49. The van der Waals surface area contributed by atoms with Crippen molar-refractivity contribution in [2.24, 2.45) is 5.41 Å². The lowest BCUT2D eigenvalue weighted by Crippen LogP contribution is -2.27. The Morgan fingerprint density at radius 3 is 2.43 bits per heavy atom. The summed E-state index contributed by atoms with van der Waals surface area (Å²) in [5, 5.41) is 7.31. The second-order valence-electron chi connectivity index (χ2n) is 7.34. The van der Waals surface area contributed by atoms with Crippen molar-refractivity contribution < 1.29 is 22.3 Å². The number of anilines is 1. The molecule has 1 N–H and O–H groups in total. The third kappa shape index (κ3) is 3.85. The van der Waals surface area contributed by atoms with Crippen LogP contribution in [0.4, 0.5) is 23.4 Å². The summed E-state index contributed by atoms with van der Waals surface area (Å²) < 4.78 is 59.4. The van der Waals surface area contributed by atoms with Crippen molar-refractivity contribution in [1.82, 2.24) is 19.6 Å². The van der Waals surface area contributed by atoms with Crippen LogP contribution in [0.15, 0.2) is 30.6 Å². The Hall–Kier alpha value is -2.91. The SMILES string of the molecule is COc1cc(NC(c2ccc(C(F)(F)F)c(F)c2)C(C)(C)C)n2ncnc2n1. The highest BCUT2D eigenvalue weighted by molar-refractivity contribution is 5.49. The van der Waals surface area contributed by atoms with E-state index in [-0.39, 0.29) is 11.7 Å². The van der Waals surface area contributed by atoms with Crippen LogP contribution in [-0.4, -0.2) is 26.7 Å². The first kappa shape index (κ1) is 19.8. The van der Waals surface area contributed by atoms with Crippen molar-refractivity contribution in [2.75, 3.05) is 12.4 Å². The molecule has 0 radical (unpaired) electrons. The summed E-state index contributed by atoms with van der Waals surface area (Å²) in [7, 11) is 1.45. The molecule has 150 valence electrons. The number of fused-ring (bicyclic) bond motifs is 1. The molecule has 0 aliphatic heterocycles. The van der Waals surface area contributed by atoms with Crippen LogP contribution in [0.1, 0.15) is 37.9 Å².